The van der Waals surface area contributed by atoms with E-state index < -0.39 is 0 Å². The van der Waals surface area contributed by atoms with E-state index >= 15 is 0 Å². The fourth-order valence-electron chi connectivity index (χ4n) is 1.80. The molecule has 4 nitrogen and oxygen atoms in total. The minimum absolute atomic E-state index is 0.124. The summed E-state index contributed by atoms with van der Waals surface area (Å²) in [6.07, 6.45) is 0. The first kappa shape index (κ1) is 16.9. The number of rotatable bonds is 7. The molecule has 1 aromatic rings. The Balaban J connectivity index is 2.62. The van der Waals surface area contributed by atoms with Crippen LogP contribution < -0.4 is 10.2 Å². The number of aromatic nitrogens is 1. The van der Waals surface area contributed by atoms with Gasteiger partial charge in [-0.05, 0) is 46.2 Å². The third-order valence-corrected chi connectivity index (χ3v) is 3.16. The standard InChI is InChI=1S/C16H29N3O/c1-7-20-11-10-19(6)15-9-8-14(13(2)18-15)12-17-16(3,4)5/h8-9,17H,7,10-12H2,1-6H3. The van der Waals surface area contributed by atoms with E-state index in [0.29, 0.717) is 0 Å². The largest absolute Gasteiger partial charge is 0.380 e. The zero-order valence-electron chi connectivity index (χ0n) is 13.8. The molecule has 0 fully saturated rings. The lowest BCUT2D eigenvalue weighted by molar-refractivity contribution is 0.154. The Hall–Kier alpha value is -1.13. The molecule has 0 unspecified atom stereocenters. The quantitative estimate of drug-likeness (QED) is 0.779. The van der Waals surface area contributed by atoms with Gasteiger partial charge < -0.3 is 15.0 Å². The maximum Gasteiger partial charge on any atom is 0.128 e. The van der Waals surface area contributed by atoms with E-state index in [4.69, 9.17) is 4.74 Å². The smallest absolute Gasteiger partial charge is 0.128 e. The molecule has 0 aliphatic heterocycles. The van der Waals surface area contributed by atoms with E-state index in [-0.39, 0.29) is 5.54 Å². The first-order valence-electron chi connectivity index (χ1n) is 7.34. The summed E-state index contributed by atoms with van der Waals surface area (Å²) in [5, 5.41) is 3.50. The van der Waals surface area contributed by atoms with Crippen LogP contribution in [0.3, 0.4) is 0 Å². The van der Waals surface area contributed by atoms with Crippen LogP contribution in [0.25, 0.3) is 0 Å². The third-order valence-electron chi connectivity index (χ3n) is 3.16. The molecule has 0 radical (unpaired) electrons. The molecule has 1 aromatic heterocycles. The van der Waals surface area contributed by atoms with Gasteiger partial charge in [0.15, 0.2) is 0 Å². The number of hydrogen-bond donors (Lipinski definition) is 1. The van der Waals surface area contributed by atoms with E-state index in [2.05, 4.69) is 55.0 Å². The molecule has 0 aliphatic carbocycles. The highest BCUT2D eigenvalue weighted by Gasteiger charge is 2.11. The highest BCUT2D eigenvalue weighted by Crippen LogP contribution is 2.14. The Morgan fingerprint density at radius 1 is 1.30 bits per heavy atom. The Labute approximate surface area is 123 Å². The van der Waals surface area contributed by atoms with Crippen LogP contribution in [0.4, 0.5) is 5.82 Å². The summed E-state index contributed by atoms with van der Waals surface area (Å²) in [5.74, 6) is 1.00. The van der Waals surface area contributed by atoms with E-state index in [1.807, 2.05) is 14.0 Å². The van der Waals surface area contributed by atoms with Gasteiger partial charge in [0, 0.05) is 38.0 Å². The van der Waals surface area contributed by atoms with Crippen molar-refractivity contribution in [2.45, 2.75) is 46.7 Å². The number of anilines is 1. The third kappa shape index (κ3) is 5.88. The van der Waals surface area contributed by atoms with Crippen LogP contribution in [0.5, 0.6) is 0 Å². The van der Waals surface area contributed by atoms with Crippen LogP contribution in [0.2, 0.25) is 0 Å². The fourth-order valence-corrected chi connectivity index (χ4v) is 1.80. The molecule has 0 aliphatic rings. The molecule has 20 heavy (non-hydrogen) atoms. The van der Waals surface area contributed by atoms with Gasteiger partial charge >= 0.3 is 0 Å². The highest BCUT2D eigenvalue weighted by molar-refractivity contribution is 5.40. The van der Waals surface area contributed by atoms with Crippen molar-refractivity contribution >= 4 is 5.82 Å². The van der Waals surface area contributed by atoms with Crippen LogP contribution in [0.15, 0.2) is 12.1 Å². The highest BCUT2D eigenvalue weighted by atomic mass is 16.5. The molecule has 0 amide bonds. The van der Waals surface area contributed by atoms with E-state index in [1.165, 1.54) is 5.56 Å². The number of pyridine rings is 1. The van der Waals surface area contributed by atoms with Crippen LogP contribution in [-0.4, -0.2) is 37.3 Å². The Morgan fingerprint density at radius 2 is 2.00 bits per heavy atom. The lowest BCUT2D eigenvalue weighted by Crippen LogP contribution is -2.35. The van der Waals surface area contributed by atoms with Gasteiger partial charge in [0.2, 0.25) is 0 Å². The molecule has 114 valence electrons. The van der Waals surface area contributed by atoms with Gasteiger partial charge in [-0.15, -0.1) is 0 Å². The summed E-state index contributed by atoms with van der Waals surface area (Å²) >= 11 is 0. The van der Waals surface area contributed by atoms with E-state index in [9.17, 15) is 0 Å². The SMILES string of the molecule is CCOCCN(C)c1ccc(CNC(C)(C)C)c(C)n1. The van der Waals surface area contributed by atoms with E-state index in [1.54, 1.807) is 0 Å². The van der Waals surface area contributed by atoms with Gasteiger partial charge in [-0.2, -0.15) is 0 Å². The number of hydrogen-bond acceptors (Lipinski definition) is 4. The topological polar surface area (TPSA) is 37.4 Å². The van der Waals surface area contributed by atoms with Crippen molar-refractivity contribution in [1.29, 1.82) is 0 Å². The first-order chi connectivity index (χ1) is 9.33. The Morgan fingerprint density at radius 3 is 2.55 bits per heavy atom. The monoisotopic (exact) mass is 279 g/mol. The van der Waals surface area contributed by atoms with Crippen molar-refractivity contribution in [3.63, 3.8) is 0 Å². The van der Waals surface area contributed by atoms with Crippen LogP contribution in [0.1, 0.15) is 39.0 Å². The molecule has 0 aromatic carbocycles. The van der Waals surface area contributed by atoms with Gasteiger partial charge in [0.05, 0.1) is 6.61 Å². The number of nitrogens with one attached hydrogen (secondary N) is 1. The summed E-state index contributed by atoms with van der Waals surface area (Å²) in [7, 11) is 2.05. The summed E-state index contributed by atoms with van der Waals surface area (Å²) in [6, 6.07) is 4.24. The summed E-state index contributed by atoms with van der Waals surface area (Å²) in [5.41, 5.74) is 2.46. The van der Waals surface area contributed by atoms with Crippen molar-refractivity contribution in [2.75, 3.05) is 31.7 Å². The number of likely N-dealkylation sites (N-methyl/N-ethyl adjacent to an activating group) is 1. The van der Waals surface area contributed by atoms with Crippen molar-refractivity contribution in [3.8, 4) is 0 Å². The van der Waals surface area contributed by atoms with Crippen molar-refractivity contribution in [2.24, 2.45) is 0 Å². The zero-order chi connectivity index (χ0) is 15.2. The molecule has 0 saturated carbocycles. The number of ether oxygens (including phenoxy) is 1. The van der Waals surface area contributed by atoms with Crippen LogP contribution in [-0.2, 0) is 11.3 Å². The summed E-state index contributed by atoms with van der Waals surface area (Å²) in [4.78, 5) is 6.81. The molecular weight excluding hydrogens is 250 g/mol. The predicted molar refractivity (Wildman–Crippen MR) is 85.3 cm³/mol. The molecule has 1 rings (SSSR count). The van der Waals surface area contributed by atoms with E-state index in [0.717, 1.165) is 37.8 Å². The lowest BCUT2D eigenvalue weighted by Gasteiger charge is -2.22. The molecule has 1 heterocycles. The first-order valence-corrected chi connectivity index (χ1v) is 7.34. The number of aryl methyl sites for hydroxylation is 1. The second-order valence-electron chi connectivity index (χ2n) is 6.14. The van der Waals surface area contributed by atoms with Gasteiger partial charge in [-0.3, -0.25) is 0 Å². The van der Waals surface area contributed by atoms with Gasteiger partial charge in [0.1, 0.15) is 5.82 Å². The Bertz CT molecular complexity index is 413. The average molecular weight is 279 g/mol. The van der Waals surface area contributed by atoms with Crippen molar-refractivity contribution in [1.82, 2.24) is 10.3 Å². The molecule has 0 spiro atoms. The average Bonchev–Trinajstić information content (AvgIpc) is 2.36. The van der Waals surface area contributed by atoms with Crippen LogP contribution >= 0.6 is 0 Å². The molecule has 0 bridgehead atoms. The maximum absolute atomic E-state index is 5.38. The van der Waals surface area contributed by atoms with Crippen molar-refractivity contribution in [3.05, 3.63) is 23.4 Å². The number of nitrogens with zero attached hydrogens (tertiary/aromatic N) is 2. The molecular formula is C16H29N3O. The summed E-state index contributed by atoms with van der Waals surface area (Å²) < 4.78 is 5.38. The second kappa shape index (κ2) is 7.60. The van der Waals surface area contributed by atoms with Gasteiger partial charge in [-0.1, -0.05) is 6.07 Å². The maximum atomic E-state index is 5.38. The minimum atomic E-state index is 0.124. The normalized spacial score (nSPS) is 11.7. The fraction of sp³-hybridized carbons (Fsp3) is 0.688. The minimum Gasteiger partial charge on any atom is -0.380 e. The zero-order valence-corrected chi connectivity index (χ0v) is 13.8. The van der Waals surface area contributed by atoms with Gasteiger partial charge in [-0.25, -0.2) is 4.98 Å². The van der Waals surface area contributed by atoms with Crippen LogP contribution in [0, 0.1) is 6.92 Å². The van der Waals surface area contributed by atoms with Gasteiger partial charge in [0.25, 0.3) is 0 Å². The molecule has 1 N–H and O–H groups in total. The molecule has 0 atom stereocenters. The van der Waals surface area contributed by atoms with Crippen molar-refractivity contribution < 1.29 is 4.74 Å². The second-order valence-corrected chi connectivity index (χ2v) is 6.14. The predicted octanol–water partition coefficient (Wildman–Crippen LogP) is 2.75. The Kier molecular flexibility index (Phi) is 6.43. The lowest BCUT2D eigenvalue weighted by atomic mass is 10.1. The molecule has 4 heteroatoms. The summed E-state index contributed by atoms with van der Waals surface area (Å²) in [6.45, 7) is 13.8. The molecule has 0 saturated heterocycles.